The molecule has 0 aliphatic carbocycles. The number of carbonyl (C=O) groups excluding carboxylic acids is 3. The van der Waals surface area contributed by atoms with Gasteiger partial charge in [-0.2, -0.15) is 0 Å². The summed E-state index contributed by atoms with van der Waals surface area (Å²) in [5.41, 5.74) is 7.46. The van der Waals surface area contributed by atoms with Crippen molar-refractivity contribution in [3.8, 4) is 11.5 Å². The lowest BCUT2D eigenvalue weighted by Crippen LogP contribution is -2.20. The van der Waals surface area contributed by atoms with Crippen LogP contribution in [0.2, 0.25) is 5.02 Å². The van der Waals surface area contributed by atoms with Crippen LogP contribution < -0.4 is 15.2 Å². The second kappa shape index (κ2) is 17.6. The quantitative estimate of drug-likeness (QED) is 0.339. The van der Waals surface area contributed by atoms with Gasteiger partial charge in [0.25, 0.3) is 5.91 Å². The number of nitrogens with zero attached hydrogens (tertiary/aromatic N) is 1. The van der Waals surface area contributed by atoms with Crippen LogP contribution in [0.3, 0.4) is 0 Å². The Labute approximate surface area is 235 Å². The van der Waals surface area contributed by atoms with Crippen molar-refractivity contribution in [2.24, 2.45) is 11.7 Å². The number of primary amides is 1. The highest BCUT2D eigenvalue weighted by Crippen LogP contribution is 2.29. The van der Waals surface area contributed by atoms with Crippen molar-refractivity contribution in [2.75, 3.05) is 7.11 Å². The second-order valence-electron chi connectivity index (χ2n) is 8.77. The molecule has 3 aromatic rings. The molecule has 210 valence electrons. The molecule has 2 aromatic carbocycles. The van der Waals surface area contributed by atoms with E-state index in [-0.39, 0.29) is 35.2 Å². The van der Waals surface area contributed by atoms with Crippen LogP contribution in [0, 0.1) is 12.8 Å². The zero-order valence-electron chi connectivity index (χ0n) is 23.3. The molecule has 1 heterocycles. The number of pyridine rings is 1. The van der Waals surface area contributed by atoms with E-state index < -0.39 is 11.9 Å². The summed E-state index contributed by atoms with van der Waals surface area (Å²) >= 11 is 5.61. The van der Waals surface area contributed by atoms with Crippen LogP contribution in [-0.4, -0.2) is 36.0 Å². The highest BCUT2D eigenvalue weighted by molar-refractivity contribution is 6.30. The van der Waals surface area contributed by atoms with E-state index in [0.717, 1.165) is 11.4 Å². The number of hydrogen-bond donors (Lipinski definition) is 1. The minimum absolute atomic E-state index is 0.0372. The molecule has 9 heteroatoms. The first-order valence-corrected chi connectivity index (χ1v) is 12.9. The van der Waals surface area contributed by atoms with Crippen LogP contribution in [0.4, 0.5) is 0 Å². The van der Waals surface area contributed by atoms with Crippen molar-refractivity contribution >= 4 is 29.4 Å². The first-order valence-electron chi connectivity index (χ1n) is 12.5. The summed E-state index contributed by atoms with van der Waals surface area (Å²) in [5.74, 6) is -1.53. The first-order chi connectivity index (χ1) is 18.5. The SMILES string of the molecule is CCC(=O)OC(C)Cc1ccccc1.COc1ccnc(C(N)=O)c1OC(=O)C(C)C.Cc1ccc(Cl)cc1. The molecule has 1 amide bonds. The van der Waals surface area contributed by atoms with Crippen LogP contribution in [0.25, 0.3) is 0 Å². The van der Waals surface area contributed by atoms with E-state index in [1.165, 1.54) is 30.5 Å². The molecule has 0 aliphatic heterocycles. The van der Waals surface area contributed by atoms with Crippen LogP contribution in [-0.2, 0) is 20.7 Å². The van der Waals surface area contributed by atoms with E-state index in [9.17, 15) is 14.4 Å². The number of benzene rings is 2. The van der Waals surface area contributed by atoms with Gasteiger partial charge in [-0.15, -0.1) is 0 Å². The maximum absolute atomic E-state index is 11.5. The van der Waals surface area contributed by atoms with Crippen LogP contribution >= 0.6 is 11.6 Å². The Morgan fingerprint density at radius 1 is 0.974 bits per heavy atom. The summed E-state index contributed by atoms with van der Waals surface area (Å²) in [7, 11) is 1.40. The normalized spacial score (nSPS) is 10.7. The Balaban J connectivity index is 0.000000310. The maximum Gasteiger partial charge on any atom is 0.313 e. The zero-order valence-corrected chi connectivity index (χ0v) is 24.0. The number of aromatic nitrogens is 1. The van der Waals surface area contributed by atoms with Gasteiger partial charge in [0.2, 0.25) is 5.75 Å². The van der Waals surface area contributed by atoms with Gasteiger partial charge >= 0.3 is 11.9 Å². The van der Waals surface area contributed by atoms with Gasteiger partial charge in [-0.05, 0) is 31.5 Å². The topological polar surface area (TPSA) is 118 Å². The van der Waals surface area contributed by atoms with Crippen LogP contribution in [0.1, 0.15) is 55.7 Å². The number of rotatable bonds is 8. The molecule has 0 spiro atoms. The van der Waals surface area contributed by atoms with Crippen molar-refractivity contribution in [3.05, 3.63) is 88.7 Å². The molecule has 0 bridgehead atoms. The molecule has 0 radical (unpaired) electrons. The van der Waals surface area contributed by atoms with Crippen molar-refractivity contribution in [3.63, 3.8) is 0 Å². The Kier molecular flexibility index (Phi) is 14.9. The van der Waals surface area contributed by atoms with Crippen molar-refractivity contribution < 1.29 is 28.6 Å². The van der Waals surface area contributed by atoms with Gasteiger partial charge in [-0.1, -0.05) is 80.4 Å². The van der Waals surface area contributed by atoms with Crippen molar-refractivity contribution in [1.29, 1.82) is 0 Å². The number of hydrogen-bond acceptors (Lipinski definition) is 7. The third-order valence-electron chi connectivity index (χ3n) is 4.99. The van der Waals surface area contributed by atoms with Crippen LogP contribution in [0.15, 0.2) is 66.9 Å². The first kappa shape index (κ1) is 33.1. The molecule has 0 aliphatic rings. The Hall–Kier alpha value is -3.91. The number of methoxy groups -OCH3 is 1. The highest BCUT2D eigenvalue weighted by Gasteiger charge is 2.21. The molecular weight excluding hydrogens is 520 g/mol. The van der Waals surface area contributed by atoms with Gasteiger partial charge in [0, 0.05) is 30.1 Å². The van der Waals surface area contributed by atoms with Gasteiger partial charge in [0.15, 0.2) is 11.4 Å². The molecule has 0 saturated heterocycles. The van der Waals surface area contributed by atoms with Gasteiger partial charge in [0.05, 0.1) is 13.0 Å². The largest absolute Gasteiger partial charge is 0.493 e. The minimum Gasteiger partial charge on any atom is -0.493 e. The van der Waals surface area contributed by atoms with Gasteiger partial charge in [0.1, 0.15) is 6.10 Å². The smallest absolute Gasteiger partial charge is 0.313 e. The molecule has 0 saturated carbocycles. The number of halogens is 1. The highest BCUT2D eigenvalue weighted by atomic mass is 35.5. The number of ether oxygens (including phenoxy) is 3. The molecule has 1 aromatic heterocycles. The fourth-order valence-electron chi connectivity index (χ4n) is 2.91. The summed E-state index contributed by atoms with van der Waals surface area (Å²) in [4.78, 5) is 37.4. The minimum atomic E-state index is -0.782. The fourth-order valence-corrected chi connectivity index (χ4v) is 3.04. The number of esters is 2. The van der Waals surface area contributed by atoms with Gasteiger partial charge < -0.3 is 19.9 Å². The summed E-state index contributed by atoms with van der Waals surface area (Å²) in [6.07, 6.45) is 2.54. The molecule has 39 heavy (non-hydrogen) atoms. The van der Waals surface area contributed by atoms with E-state index >= 15 is 0 Å². The second-order valence-corrected chi connectivity index (χ2v) is 9.21. The third kappa shape index (κ3) is 12.9. The van der Waals surface area contributed by atoms with Gasteiger partial charge in [-0.25, -0.2) is 4.98 Å². The number of nitrogens with two attached hydrogens (primary N) is 1. The molecule has 1 unspecified atom stereocenters. The summed E-state index contributed by atoms with van der Waals surface area (Å²) < 4.78 is 15.2. The lowest BCUT2D eigenvalue weighted by Gasteiger charge is -2.12. The summed E-state index contributed by atoms with van der Waals surface area (Å²) in [5, 5.41) is 0.801. The lowest BCUT2D eigenvalue weighted by molar-refractivity contribution is -0.147. The van der Waals surface area contributed by atoms with E-state index in [0.29, 0.717) is 6.42 Å². The third-order valence-corrected chi connectivity index (χ3v) is 5.25. The molecule has 3 rings (SSSR count). The molecule has 1 atom stereocenters. The average Bonchev–Trinajstić information content (AvgIpc) is 2.91. The van der Waals surface area contributed by atoms with Crippen molar-refractivity contribution in [1.82, 2.24) is 4.98 Å². The summed E-state index contributed by atoms with van der Waals surface area (Å²) in [6.45, 7) is 9.11. The molecular formula is C30H37ClN2O6. The molecule has 2 N–H and O–H groups in total. The van der Waals surface area contributed by atoms with E-state index in [1.54, 1.807) is 20.8 Å². The maximum atomic E-state index is 11.5. The predicted molar refractivity (Wildman–Crippen MR) is 152 cm³/mol. The fraction of sp³-hybridized carbons (Fsp3) is 0.333. The molecule has 8 nitrogen and oxygen atoms in total. The Morgan fingerprint density at radius 3 is 2.08 bits per heavy atom. The number of carbonyl (C=O) groups is 3. The van der Waals surface area contributed by atoms with E-state index in [1.807, 2.05) is 68.4 Å². The Bertz CT molecular complexity index is 1160. The zero-order chi connectivity index (χ0) is 29.4. The van der Waals surface area contributed by atoms with E-state index in [2.05, 4.69) is 4.98 Å². The summed E-state index contributed by atoms with van der Waals surface area (Å²) in [6, 6.07) is 19.3. The molecule has 0 fully saturated rings. The van der Waals surface area contributed by atoms with E-state index in [4.69, 9.17) is 31.5 Å². The number of amides is 1. The standard InChI is InChI=1S/C12H16O2.C11H14N2O4.C7H7Cl/c1-3-12(13)14-10(2)9-11-7-5-4-6-8-11;1-6(2)11(15)17-9-7(16-3)4-5-13-8(9)10(12)14;1-6-2-4-7(8)5-3-6/h4-8,10H,3,9H2,1-2H3;4-6H,1-3H3,(H2,12,14);2-5H,1H3. The monoisotopic (exact) mass is 556 g/mol. The lowest BCUT2D eigenvalue weighted by atomic mass is 10.1. The Morgan fingerprint density at radius 2 is 1.59 bits per heavy atom. The van der Waals surface area contributed by atoms with Gasteiger partial charge in [-0.3, -0.25) is 14.4 Å². The number of aryl methyl sites for hydroxylation is 1. The predicted octanol–water partition coefficient (Wildman–Crippen LogP) is 5.97. The average molecular weight is 557 g/mol. The van der Waals surface area contributed by atoms with Crippen LogP contribution in [0.5, 0.6) is 11.5 Å². The van der Waals surface area contributed by atoms with Crippen molar-refractivity contribution in [2.45, 2.75) is 53.6 Å².